The summed E-state index contributed by atoms with van der Waals surface area (Å²) in [5.74, 6) is -0.301. The summed E-state index contributed by atoms with van der Waals surface area (Å²) in [6.07, 6.45) is 6.68. The van der Waals surface area contributed by atoms with Crippen molar-refractivity contribution in [2.45, 2.75) is 83.8 Å². The van der Waals surface area contributed by atoms with Crippen molar-refractivity contribution < 1.29 is 19.1 Å². The fraction of sp³-hybridized carbons (Fsp3) is 0.700. The van der Waals surface area contributed by atoms with Crippen LogP contribution in [-0.2, 0) is 25.5 Å². The summed E-state index contributed by atoms with van der Waals surface area (Å²) in [7, 11) is 4.03. The minimum atomic E-state index is -0.828. The molecule has 1 heterocycles. The molecule has 0 bridgehead atoms. The Hall–Kier alpha value is -2.16. The Morgan fingerprint density at radius 1 is 1.08 bits per heavy atom. The summed E-state index contributed by atoms with van der Waals surface area (Å²) < 4.78 is 5.27. The van der Waals surface area contributed by atoms with Crippen molar-refractivity contribution in [3.63, 3.8) is 0 Å². The third kappa shape index (κ3) is 9.19. The molecule has 2 fully saturated rings. The van der Waals surface area contributed by atoms with Gasteiger partial charge in [-0.3, -0.25) is 14.4 Å². The van der Waals surface area contributed by atoms with Crippen molar-refractivity contribution in [3.8, 4) is 0 Å². The number of amides is 2. The molecule has 1 N–H and O–H groups in total. The number of benzene rings is 1. The van der Waals surface area contributed by atoms with Gasteiger partial charge in [-0.25, -0.2) is 0 Å². The summed E-state index contributed by atoms with van der Waals surface area (Å²) in [5.41, 5.74) is 0.225. The molecule has 0 radical (unpaired) electrons. The molecule has 1 aromatic rings. The number of hydrogen-bond acceptors (Lipinski definition) is 6. The molecule has 1 saturated carbocycles. The van der Waals surface area contributed by atoms with Crippen LogP contribution in [0.3, 0.4) is 0 Å². The predicted octanol–water partition coefficient (Wildman–Crippen LogP) is 3.75. The van der Waals surface area contributed by atoms with Crippen molar-refractivity contribution in [3.05, 3.63) is 34.9 Å². The van der Waals surface area contributed by atoms with Crippen LogP contribution in [0, 0.1) is 5.41 Å². The van der Waals surface area contributed by atoms with Gasteiger partial charge in [0.05, 0.1) is 17.5 Å². The maximum atomic E-state index is 14.0. The molecule has 2 amide bonds. The fourth-order valence-corrected chi connectivity index (χ4v) is 5.76. The molecule has 3 rings (SSSR count). The Labute approximate surface area is 239 Å². The number of halogens is 1. The first-order valence-corrected chi connectivity index (χ1v) is 14.7. The summed E-state index contributed by atoms with van der Waals surface area (Å²) in [4.78, 5) is 45.3. The number of ether oxygens (including phenoxy) is 1. The highest BCUT2D eigenvalue weighted by molar-refractivity contribution is 6.30. The van der Waals surface area contributed by atoms with Crippen LogP contribution in [0.2, 0.25) is 5.02 Å². The van der Waals surface area contributed by atoms with Crippen LogP contribution in [0.15, 0.2) is 24.3 Å². The first-order valence-electron chi connectivity index (χ1n) is 14.4. The van der Waals surface area contributed by atoms with Gasteiger partial charge in [0, 0.05) is 44.2 Å². The Bertz CT molecular complexity index is 962. The van der Waals surface area contributed by atoms with Gasteiger partial charge in [0.25, 0.3) is 0 Å². The molecule has 1 aromatic carbocycles. The second kappa shape index (κ2) is 14.5. The van der Waals surface area contributed by atoms with Gasteiger partial charge in [-0.05, 0) is 71.3 Å². The van der Waals surface area contributed by atoms with E-state index in [1.165, 1.54) is 13.3 Å². The number of carbonyl (C=O) groups excluding carboxylic acids is 3. The van der Waals surface area contributed by atoms with E-state index < -0.39 is 5.41 Å². The SMILES string of the molecule is CC(=O)OCC(C)(C)C(=O)N(C1CCCCC1)[C@H]1CCN(C(=O)[C@@H](Cc2ccc(Cl)cc2)NCCN(C)C)C1. The predicted molar refractivity (Wildman–Crippen MR) is 155 cm³/mol. The largest absolute Gasteiger partial charge is 0.465 e. The van der Waals surface area contributed by atoms with Gasteiger partial charge in [0.15, 0.2) is 0 Å². The highest BCUT2D eigenvalue weighted by atomic mass is 35.5. The van der Waals surface area contributed by atoms with E-state index in [0.29, 0.717) is 31.1 Å². The zero-order chi connectivity index (χ0) is 28.6. The standard InChI is InChI=1S/C30H47ClN4O4/c1-22(36)39-21-30(2,3)29(38)35(25-9-7-6-8-10-25)26-15-17-34(20-26)28(37)27(32-16-18-33(4)5)19-23-11-13-24(31)14-12-23/h11-14,25-27,32H,6-10,15-21H2,1-5H3/t26-,27+/m0/s1. The zero-order valence-corrected chi connectivity index (χ0v) is 25.1. The fourth-order valence-electron chi connectivity index (χ4n) is 5.64. The molecule has 1 aliphatic carbocycles. The Morgan fingerprint density at radius 2 is 1.74 bits per heavy atom. The normalized spacial score (nSPS) is 19.3. The maximum absolute atomic E-state index is 14.0. The quantitative estimate of drug-likeness (QED) is 0.391. The van der Waals surface area contributed by atoms with Crippen LogP contribution in [0.5, 0.6) is 0 Å². The highest BCUT2D eigenvalue weighted by Crippen LogP contribution is 2.32. The van der Waals surface area contributed by atoms with Crippen LogP contribution in [-0.4, -0.2) is 97.5 Å². The molecule has 0 unspecified atom stereocenters. The summed E-state index contributed by atoms with van der Waals surface area (Å²) in [6, 6.07) is 7.41. The van der Waals surface area contributed by atoms with Crippen molar-refractivity contribution in [2.24, 2.45) is 5.41 Å². The van der Waals surface area contributed by atoms with Crippen molar-refractivity contribution in [1.82, 2.24) is 20.0 Å². The Kier molecular flexibility index (Phi) is 11.6. The van der Waals surface area contributed by atoms with Gasteiger partial charge in [-0.1, -0.05) is 43.0 Å². The number of nitrogens with one attached hydrogen (secondary N) is 1. The van der Waals surface area contributed by atoms with E-state index in [4.69, 9.17) is 16.3 Å². The molecule has 0 aromatic heterocycles. The third-order valence-electron chi connectivity index (χ3n) is 7.89. The average molecular weight is 563 g/mol. The lowest BCUT2D eigenvalue weighted by Gasteiger charge is -2.42. The number of esters is 1. The van der Waals surface area contributed by atoms with E-state index in [-0.39, 0.29) is 42.5 Å². The second-order valence-electron chi connectivity index (χ2n) is 12.0. The second-order valence-corrected chi connectivity index (χ2v) is 12.5. The molecule has 8 nitrogen and oxygen atoms in total. The van der Waals surface area contributed by atoms with Gasteiger partial charge < -0.3 is 24.8 Å². The molecule has 218 valence electrons. The summed E-state index contributed by atoms with van der Waals surface area (Å²) >= 11 is 6.08. The highest BCUT2D eigenvalue weighted by Gasteiger charge is 2.43. The molecule has 9 heteroatoms. The lowest BCUT2D eigenvalue weighted by atomic mass is 9.87. The van der Waals surface area contributed by atoms with E-state index in [2.05, 4.69) is 15.1 Å². The lowest BCUT2D eigenvalue weighted by molar-refractivity contribution is -0.155. The molecule has 2 aliphatic rings. The number of carbonyl (C=O) groups is 3. The Balaban J connectivity index is 1.75. The van der Waals surface area contributed by atoms with Crippen molar-refractivity contribution >= 4 is 29.4 Å². The molecule has 1 aliphatic heterocycles. The lowest BCUT2D eigenvalue weighted by Crippen LogP contribution is -2.55. The molecule has 2 atom stereocenters. The smallest absolute Gasteiger partial charge is 0.302 e. The number of hydrogen-bond donors (Lipinski definition) is 1. The van der Waals surface area contributed by atoms with Crippen LogP contribution >= 0.6 is 11.6 Å². The van der Waals surface area contributed by atoms with Gasteiger partial charge in [-0.2, -0.15) is 0 Å². The monoisotopic (exact) mass is 562 g/mol. The van der Waals surface area contributed by atoms with Crippen LogP contribution in [0.1, 0.15) is 64.9 Å². The van der Waals surface area contributed by atoms with E-state index in [0.717, 1.165) is 44.2 Å². The number of rotatable bonds is 12. The van der Waals surface area contributed by atoms with E-state index in [1.807, 2.05) is 57.1 Å². The van der Waals surface area contributed by atoms with Crippen LogP contribution in [0.25, 0.3) is 0 Å². The average Bonchev–Trinajstić information content (AvgIpc) is 3.38. The first kappa shape index (κ1) is 31.4. The maximum Gasteiger partial charge on any atom is 0.302 e. The minimum absolute atomic E-state index is 0.0109. The topological polar surface area (TPSA) is 82.2 Å². The third-order valence-corrected chi connectivity index (χ3v) is 8.14. The van der Waals surface area contributed by atoms with Crippen molar-refractivity contribution in [2.75, 3.05) is 46.9 Å². The van der Waals surface area contributed by atoms with E-state index >= 15 is 0 Å². The summed E-state index contributed by atoms with van der Waals surface area (Å²) in [5, 5.41) is 4.15. The Morgan fingerprint density at radius 3 is 2.36 bits per heavy atom. The van der Waals surface area contributed by atoms with Gasteiger partial charge in [-0.15, -0.1) is 0 Å². The first-order chi connectivity index (χ1) is 18.5. The van der Waals surface area contributed by atoms with Crippen LogP contribution in [0.4, 0.5) is 0 Å². The molecule has 0 spiro atoms. The number of likely N-dealkylation sites (N-methyl/N-ethyl adjacent to an activating group) is 1. The molecular formula is C30H47ClN4O4. The molecule has 39 heavy (non-hydrogen) atoms. The van der Waals surface area contributed by atoms with Gasteiger partial charge in [0.2, 0.25) is 11.8 Å². The molecular weight excluding hydrogens is 516 g/mol. The summed E-state index contributed by atoms with van der Waals surface area (Å²) in [6.45, 7) is 7.80. The minimum Gasteiger partial charge on any atom is -0.465 e. The van der Waals surface area contributed by atoms with E-state index in [9.17, 15) is 14.4 Å². The number of likely N-dealkylation sites (tertiary alicyclic amines) is 1. The molecule has 1 saturated heterocycles. The zero-order valence-electron chi connectivity index (χ0n) is 24.4. The van der Waals surface area contributed by atoms with Crippen LogP contribution < -0.4 is 5.32 Å². The van der Waals surface area contributed by atoms with Crippen molar-refractivity contribution in [1.29, 1.82) is 0 Å². The number of nitrogens with zero attached hydrogens (tertiary/aromatic N) is 3. The van der Waals surface area contributed by atoms with Gasteiger partial charge in [0.1, 0.15) is 6.61 Å². The van der Waals surface area contributed by atoms with Gasteiger partial charge >= 0.3 is 5.97 Å². The van der Waals surface area contributed by atoms with E-state index in [1.54, 1.807) is 0 Å².